The van der Waals surface area contributed by atoms with Gasteiger partial charge in [-0.15, -0.1) is 11.3 Å². The number of hydrogen-bond donors (Lipinski definition) is 1. The summed E-state index contributed by atoms with van der Waals surface area (Å²) in [5.41, 5.74) is 2.01. The maximum Gasteiger partial charge on any atom is 0.342 e. The predicted octanol–water partition coefficient (Wildman–Crippen LogP) is 4.41. The Labute approximate surface area is 168 Å². The predicted molar refractivity (Wildman–Crippen MR) is 109 cm³/mol. The third kappa shape index (κ3) is 4.36. The van der Waals surface area contributed by atoms with E-state index in [0.717, 1.165) is 28.2 Å². The zero-order valence-corrected chi connectivity index (χ0v) is 17.4. The van der Waals surface area contributed by atoms with E-state index < -0.39 is 12.1 Å². The van der Waals surface area contributed by atoms with Crippen molar-refractivity contribution in [1.82, 2.24) is 0 Å². The summed E-state index contributed by atoms with van der Waals surface area (Å²) in [5, 5.41) is 3.38. The molecule has 2 heterocycles. The minimum atomic E-state index is -0.471. The molecule has 0 unspecified atom stereocenters. The number of esters is 1. The quantitative estimate of drug-likeness (QED) is 0.723. The van der Waals surface area contributed by atoms with Gasteiger partial charge in [0.25, 0.3) is 5.91 Å². The first-order chi connectivity index (χ1) is 13.4. The third-order valence-electron chi connectivity index (χ3n) is 4.47. The van der Waals surface area contributed by atoms with Gasteiger partial charge >= 0.3 is 5.97 Å². The smallest absolute Gasteiger partial charge is 0.342 e. The molecule has 1 atom stereocenters. The third-order valence-corrected chi connectivity index (χ3v) is 5.49. The Morgan fingerprint density at radius 1 is 1.25 bits per heavy atom. The van der Waals surface area contributed by atoms with Crippen molar-refractivity contribution >= 4 is 28.2 Å². The van der Waals surface area contributed by atoms with Crippen LogP contribution < -0.4 is 10.1 Å². The van der Waals surface area contributed by atoms with Gasteiger partial charge in [-0.3, -0.25) is 4.79 Å². The van der Waals surface area contributed by atoms with Gasteiger partial charge in [0.15, 0.2) is 0 Å². The van der Waals surface area contributed by atoms with Crippen LogP contribution in [0.1, 0.15) is 41.9 Å². The van der Waals surface area contributed by atoms with E-state index in [4.69, 9.17) is 14.2 Å². The van der Waals surface area contributed by atoms with Crippen LogP contribution in [-0.4, -0.2) is 37.8 Å². The molecule has 0 saturated carbocycles. The van der Waals surface area contributed by atoms with Gasteiger partial charge in [0.1, 0.15) is 22.4 Å². The molecule has 0 bridgehead atoms. The van der Waals surface area contributed by atoms with E-state index in [1.165, 1.54) is 11.3 Å². The Morgan fingerprint density at radius 3 is 2.54 bits per heavy atom. The van der Waals surface area contributed by atoms with E-state index in [2.05, 4.69) is 5.32 Å². The summed E-state index contributed by atoms with van der Waals surface area (Å²) in [6, 6.07) is 7.47. The van der Waals surface area contributed by atoms with E-state index in [-0.39, 0.29) is 12.0 Å². The molecule has 2 aromatic rings. The highest BCUT2D eigenvalue weighted by Crippen LogP contribution is 2.41. The van der Waals surface area contributed by atoms with Gasteiger partial charge in [-0.05, 0) is 51.3 Å². The first-order valence-electron chi connectivity index (χ1n) is 9.32. The molecule has 0 radical (unpaired) electrons. The minimum Gasteiger partial charge on any atom is -0.497 e. The van der Waals surface area contributed by atoms with E-state index in [9.17, 15) is 9.59 Å². The van der Waals surface area contributed by atoms with Crippen molar-refractivity contribution in [2.45, 2.75) is 45.8 Å². The van der Waals surface area contributed by atoms with Crippen LogP contribution >= 0.6 is 11.3 Å². The van der Waals surface area contributed by atoms with Crippen molar-refractivity contribution in [2.24, 2.45) is 0 Å². The van der Waals surface area contributed by atoms with Crippen molar-refractivity contribution in [3.05, 3.63) is 34.7 Å². The number of hydrogen-bond acceptors (Lipinski definition) is 6. The van der Waals surface area contributed by atoms with Gasteiger partial charge in [0.2, 0.25) is 0 Å². The fourth-order valence-corrected chi connectivity index (χ4v) is 4.25. The zero-order chi connectivity index (χ0) is 20.3. The van der Waals surface area contributed by atoms with Crippen LogP contribution in [0.5, 0.6) is 5.75 Å². The lowest BCUT2D eigenvalue weighted by Gasteiger charge is -2.13. The molecule has 0 spiro atoms. The number of carbonyl (C=O) groups is 2. The molecular weight excluding hydrogens is 378 g/mol. The molecule has 1 amide bonds. The number of rotatable bonds is 6. The summed E-state index contributed by atoms with van der Waals surface area (Å²) in [4.78, 5) is 26.4. The lowest BCUT2D eigenvalue weighted by Crippen LogP contribution is -2.27. The highest BCUT2D eigenvalue weighted by molar-refractivity contribution is 7.17. The number of nitrogens with one attached hydrogen (secondary N) is 1. The Bertz CT molecular complexity index is 850. The van der Waals surface area contributed by atoms with Gasteiger partial charge in [-0.2, -0.15) is 0 Å². The summed E-state index contributed by atoms with van der Waals surface area (Å²) in [7, 11) is 1.61. The summed E-state index contributed by atoms with van der Waals surface area (Å²) in [6.07, 6.45) is 0.813. The molecule has 1 saturated heterocycles. The molecule has 1 aliphatic heterocycles. The molecule has 1 aromatic heterocycles. The molecule has 1 aromatic carbocycles. The second-order valence-corrected chi connectivity index (χ2v) is 8.14. The Kier molecular flexibility index (Phi) is 6.36. The molecule has 1 N–H and O–H groups in total. The van der Waals surface area contributed by atoms with Crippen LogP contribution in [0, 0.1) is 6.92 Å². The fraction of sp³-hybridized carbons (Fsp3) is 0.429. The Morgan fingerprint density at radius 2 is 1.96 bits per heavy atom. The average molecular weight is 404 g/mol. The first kappa shape index (κ1) is 20.4. The van der Waals surface area contributed by atoms with Crippen molar-refractivity contribution in [1.29, 1.82) is 0 Å². The topological polar surface area (TPSA) is 73.9 Å². The minimum absolute atomic E-state index is 0.223. The van der Waals surface area contributed by atoms with Crippen LogP contribution in [0.2, 0.25) is 0 Å². The maximum absolute atomic E-state index is 12.9. The summed E-state index contributed by atoms with van der Waals surface area (Å²) < 4.78 is 16.1. The molecule has 7 heteroatoms. The zero-order valence-electron chi connectivity index (χ0n) is 16.5. The molecule has 1 fully saturated rings. The number of amides is 1. The Balaban J connectivity index is 2.01. The monoisotopic (exact) mass is 403 g/mol. The fourth-order valence-electron chi connectivity index (χ4n) is 3.18. The van der Waals surface area contributed by atoms with Crippen LogP contribution in [0.25, 0.3) is 11.1 Å². The molecule has 0 aliphatic carbocycles. The molecule has 28 heavy (non-hydrogen) atoms. The largest absolute Gasteiger partial charge is 0.497 e. The van der Waals surface area contributed by atoms with E-state index in [1.807, 2.05) is 31.2 Å². The van der Waals surface area contributed by atoms with E-state index in [0.29, 0.717) is 23.6 Å². The van der Waals surface area contributed by atoms with Gasteiger partial charge in [-0.1, -0.05) is 12.1 Å². The van der Waals surface area contributed by atoms with Crippen LogP contribution in [0.4, 0.5) is 5.00 Å². The number of carbonyl (C=O) groups excluding carboxylic acids is 2. The van der Waals surface area contributed by atoms with Crippen LogP contribution in [0.3, 0.4) is 0 Å². The highest BCUT2D eigenvalue weighted by atomic mass is 32.1. The maximum atomic E-state index is 12.9. The highest BCUT2D eigenvalue weighted by Gasteiger charge is 2.29. The molecule has 3 rings (SSSR count). The second kappa shape index (κ2) is 8.75. The standard InChI is InChI=1S/C21H25NO5S/c1-12(2)27-21(24)18-17(14-7-9-15(25-4)10-8-14)13(3)28-20(18)22-19(23)16-6-5-11-26-16/h7-10,12,16H,5-6,11H2,1-4H3,(H,22,23)/t16-/m0/s1. The van der Waals surface area contributed by atoms with Crippen LogP contribution in [0.15, 0.2) is 24.3 Å². The van der Waals surface area contributed by atoms with Crippen molar-refractivity contribution in [3.63, 3.8) is 0 Å². The molecular formula is C21H25NO5S. The second-order valence-electron chi connectivity index (χ2n) is 6.91. The van der Waals surface area contributed by atoms with Crippen molar-refractivity contribution < 1.29 is 23.8 Å². The summed E-state index contributed by atoms with van der Waals surface area (Å²) in [5.74, 6) is 0.0567. The number of aryl methyl sites for hydroxylation is 1. The number of ether oxygens (including phenoxy) is 3. The summed E-state index contributed by atoms with van der Waals surface area (Å²) >= 11 is 1.37. The van der Waals surface area contributed by atoms with Gasteiger partial charge in [0, 0.05) is 17.0 Å². The first-order valence-corrected chi connectivity index (χ1v) is 10.1. The van der Waals surface area contributed by atoms with Crippen molar-refractivity contribution in [2.75, 3.05) is 19.0 Å². The molecule has 6 nitrogen and oxygen atoms in total. The summed E-state index contributed by atoms with van der Waals surface area (Å²) in [6.45, 7) is 6.11. The molecule has 1 aliphatic rings. The normalized spacial score (nSPS) is 16.2. The van der Waals surface area contributed by atoms with E-state index in [1.54, 1.807) is 21.0 Å². The number of benzene rings is 1. The number of anilines is 1. The van der Waals surface area contributed by atoms with Crippen molar-refractivity contribution in [3.8, 4) is 16.9 Å². The van der Waals surface area contributed by atoms with Gasteiger partial charge < -0.3 is 19.5 Å². The number of methoxy groups -OCH3 is 1. The average Bonchev–Trinajstić information content (AvgIpc) is 3.29. The Hall–Kier alpha value is -2.38. The lowest BCUT2D eigenvalue weighted by molar-refractivity contribution is -0.124. The lowest BCUT2D eigenvalue weighted by atomic mass is 10.0. The van der Waals surface area contributed by atoms with Gasteiger partial charge in [-0.25, -0.2) is 4.79 Å². The SMILES string of the molecule is COc1ccc(-c2c(C)sc(NC(=O)[C@@H]3CCCO3)c2C(=O)OC(C)C)cc1. The van der Waals surface area contributed by atoms with Crippen LogP contribution in [-0.2, 0) is 14.3 Å². The number of thiophene rings is 1. The van der Waals surface area contributed by atoms with E-state index >= 15 is 0 Å². The van der Waals surface area contributed by atoms with Gasteiger partial charge in [0.05, 0.1) is 13.2 Å². The molecule has 150 valence electrons.